The number of aliphatic hydroxyl groups is 1. The zero-order valence-corrected chi connectivity index (χ0v) is 9.69. The second-order valence-corrected chi connectivity index (χ2v) is 5.03. The highest BCUT2D eigenvalue weighted by molar-refractivity contribution is 5.16. The fourth-order valence-corrected chi connectivity index (χ4v) is 2.10. The molecule has 1 aromatic heterocycles. The maximum Gasteiger partial charge on any atom is 0.158 e. The molecule has 0 saturated heterocycles. The van der Waals surface area contributed by atoms with Gasteiger partial charge in [-0.25, -0.2) is 0 Å². The van der Waals surface area contributed by atoms with Crippen LogP contribution < -0.4 is 0 Å². The number of aromatic nitrogens is 3. The summed E-state index contributed by atoms with van der Waals surface area (Å²) in [6, 6.07) is 0. The number of rotatable bonds is 4. The first-order valence-electron chi connectivity index (χ1n) is 5.63. The van der Waals surface area contributed by atoms with Crippen molar-refractivity contribution in [3.05, 3.63) is 11.6 Å². The third-order valence-electron chi connectivity index (χ3n) is 3.27. The van der Waals surface area contributed by atoms with Gasteiger partial charge in [0.2, 0.25) is 0 Å². The predicted octanol–water partition coefficient (Wildman–Crippen LogP) is 1.69. The van der Waals surface area contributed by atoms with Crippen LogP contribution in [0.2, 0.25) is 0 Å². The van der Waals surface area contributed by atoms with Crippen LogP contribution in [0.5, 0.6) is 0 Å². The minimum Gasteiger partial charge on any atom is -0.388 e. The van der Waals surface area contributed by atoms with E-state index in [1.807, 2.05) is 0 Å². The van der Waals surface area contributed by atoms with Gasteiger partial charge < -0.3 is 9.67 Å². The fourth-order valence-electron chi connectivity index (χ4n) is 2.10. The summed E-state index contributed by atoms with van der Waals surface area (Å²) in [4.78, 5) is 0. The van der Waals surface area contributed by atoms with Crippen molar-refractivity contribution in [2.75, 3.05) is 0 Å². The molecule has 84 valence electrons. The summed E-state index contributed by atoms with van der Waals surface area (Å²) in [5.41, 5.74) is 0.366. The molecule has 1 atom stereocenters. The first kappa shape index (κ1) is 10.6. The normalized spacial score (nSPS) is 23.1. The molecule has 0 amide bonds. The molecule has 2 rings (SSSR count). The van der Waals surface area contributed by atoms with E-state index in [0.717, 1.165) is 18.8 Å². The Kier molecular flexibility index (Phi) is 2.54. The molecule has 0 bridgehead atoms. The Bertz CT molecular complexity index is 357. The molecule has 1 saturated carbocycles. The average Bonchev–Trinajstić information content (AvgIpc) is 2.65. The SMILES string of the molecule is CCCn1c(CO)nnc1C1CC1(C)C. The van der Waals surface area contributed by atoms with E-state index in [1.165, 1.54) is 6.42 Å². The fraction of sp³-hybridized carbons (Fsp3) is 0.818. The second kappa shape index (κ2) is 3.59. The van der Waals surface area contributed by atoms with E-state index in [1.54, 1.807) is 0 Å². The summed E-state index contributed by atoms with van der Waals surface area (Å²) in [5.74, 6) is 2.29. The molecule has 4 heteroatoms. The van der Waals surface area contributed by atoms with Gasteiger partial charge in [0, 0.05) is 12.5 Å². The third-order valence-corrected chi connectivity index (χ3v) is 3.27. The Hall–Kier alpha value is -0.900. The van der Waals surface area contributed by atoms with Crippen molar-refractivity contribution < 1.29 is 5.11 Å². The van der Waals surface area contributed by atoms with Gasteiger partial charge in [0.15, 0.2) is 5.82 Å². The highest BCUT2D eigenvalue weighted by atomic mass is 16.3. The largest absolute Gasteiger partial charge is 0.388 e. The number of hydrogen-bond acceptors (Lipinski definition) is 3. The highest BCUT2D eigenvalue weighted by Gasteiger charge is 2.49. The zero-order valence-electron chi connectivity index (χ0n) is 9.69. The predicted molar refractivity (Wildman–Crippen MR) is 57.4 cm³/mol. The summed E-state index contributed by atoms with van der Waals surface area (Å²) in [7, 11) is 0. The number of hydrogen-bond donors (Lipinski definition) is 1. The first-order chi connectivity index (χ1) is 7.10. The Balaban J connectivity index is 2.27. The van der Waals surface area contributed by atoms with E-state index in [0.29, 0.717) is 17.2 Å². The van der Waals surface area contributed by atoms with E-state index < -0.39 is 0 Å². The smallest absolute Gasteiger partial charge is 0.158 e. The lowest BCUT2D eigenvalue weighted by Gasteiger charge is -2.08. The lowest BCUT2D eigenvalue weighted by Crippen LogP contribution is -2.08. The summed E-state index contributed by atoms with van der Waals surface area (Å²) < 4.78 is 2.08. The van der Waals surface area contributed by atoms with Gasteiger partial charge in [-0.1, -0.05) is 20.8 Å². The molecule has 1 aliphatic carbocycles. The zero-order chi connectivity index (χ0) is 11.1. The first-order valence-corrected chi connectivity index (χ1v) is 5.63. The van der Waals surface area contributed by atoms with Crippen LogP contribution in [-0.4, -0.2) is 19.9 Å². The van der Waals surface area contributed by atoms with E-state index >= 15 is 0 Å². The van der Waals surface area contributed by atoms with E-state index in [-0.39, 0.29) is 6.61 Å². The molecule has 1 N–H and O–H groups in total. The van der Waals surface area contributed by atoms with E-state index in [9.17, 15) is 0 Å². The number of aliphatic hydroxyl groups excluding tert-OH is 1. The Morgan fingerprint density at radius 3 is 2.60 bits per heavy atom. The van der Waals surface area contributed by atoms with Crippen molar-refractivity contribution in [2.45, 2.75) is 52.7 Å². The van der Waals surface area contributed by atoms with Crippen molar-refractivity contribution in [1.82, 2.24) is 14.8 Å². The van der Waals surface area contributed by atoms with Gasteiger partial charge in [-0.05, 0) is 18.3 Å². The Labute approximate surface area is 90.3 Å². The van der Waals surface area contributed by atoms with Crippen molar-refractivity contribution >= 4 is 0 Å². The molecule has 1 heterocycles. The van der Waals surface area contributed by atoms with Crippen LogP contribution >= 0.6 is 0 Å². The quantitative estimate of drug-likeness (QED) is 0.821. The summed E-state index contributed by atoms with van der Waals surface area (Å²) in [6.45, 7) is 7.52. The Morgan fingerprint density at radius 2 is 2.13 bits per heavy atom. The van der Waals surface area contributed by atoms with Crippen LogP contribution in [0.1, 0.15) is 51.2 Å². The molecule has 0 aromatic carbocycles. The van der Waals surface area contributed by atoms with Gasteiger partial charge in [-0.15, -0.1) is 10.2 Å². The molecule has 0 radical (unpaired) electrons. The van der Waals surface area contributed by atoms with Crippen molar-refractivity contribution in [3.8, 4) is 0 Å². The third kappa shape index (κ3) is 1.78. The molecule has 15 heavy (non-hydrogen) atoms. The van der Waals surface area contributed by atoms with Gasteiger partial charge >= 0.3 is 0 Å². The minimum absolute atomic E-state index is 0.0137. The van der Waals surface area contributed by atoms with Crippen LogP contribution in [0.4, 0.5) is 0 Å². The van der Waals surface area contributed by atoms with Crippen molar-refractivity contribution in [2.24, 2.45) is 5.41 Å². The standard InChI is InChI=1S/C11H19N3O/c1-4-5-14-9(7-15)12-13-10(14)8-6-11(8,2)3/h8,15H,4-7H2,1-3H3. The molecule has 0 aliphatic heterocycles. The molecule has 0 spiro atoms. The highest BCUT2D eigenvalue weighted by Crippen LogP contribution is 2.58. The van der Waals surface area contributed by atoms with Crippen molar-refractivity contribution in [1.29, 1.82) is 0 Å². The molecule has 1 aromatic rings. The van der Waals surface area contributed by atoms with Crippen molar-refractivity contribution in [3.63, 3.8) is 0 Å². The molecule has 1 unspecified atom stereocenters. The van der Waals surface area contributed by atoms with Crippen LogP contribution in [0.15, 0.2) is 0 Å². The lowest BCUT2D eigenvalue weighted by atomic mass is 10.1. The van der Waals surface area contributed by atoms with Crippen LogP contribution in [-0.2, 0) is 13.2 Å². The van der Waals surface area contributed by atoms with E-state index in [4.69, 9.17) is 5.11 Å². The maximum atomic E-state index is 9.17. The lowest BCUT2D eigenvalue weighted by molar-refractivity contribution is 0.264. The van der Waals surface area contributed by atoms with E-state index in [2.05, 4.69) is 35.5 Å². The average molecular weight is 209 g/mol. The van der Waals surface area contributed by atoms with Crippen LogP contribution in [0.3, 0.4) is 0 Å². The minimum atomic E-state index is -0.0137. The monoisotopic (exact) mass is 209 g/mol. The van der Waals surface area contributed by atoms with Crippen LogP contribution in [0, 0.1) is 5.41 Å². The summed E-state index contributed by atoms with van der Waals surface area (Å²) in [5, 5.41) is 17.4. The van der Waals surface area contributed by atoms with Gasteiger partial charge in [0.1, 0.15) is 12.4 Å². The molecule has 1 aliphatic rings. The maximum absolute atomic E-state index is 9.17. The van der Waals surface area contributed by atoms with Gasteiger partial charge in [-0.3, -0.25) is 0 Å². The summed E-state index contributed by atoms with van der Waals surface area (Å²) >= 11 is 0. The van der Waals surface area contributed by atoms with Gasteiger partial charge in [0.05, 0.1) is 0 Å². The topological polar surface area (TPSA) is 50.9 Å². The van der Waals surface area contributed by atoms with Gasteiger partial charge in [-0.2, -0.15) is 0 Å². The molecular formula is C11H19N3O. The Morgan fingerprint density at radius 1 is 1.47 bits per heavy atom. The second-order valence-electron chi connectivity index (χ2n) is 5.03. The molecular weight excluding hydrogens is 190 g/mol. The summed E-state index contributed by atoms with van der Waals surface area (Å²) in [6.07, 6.45) is 2.23. The van der Waals surface area contributed by atoms with Crippen LogP contribution in [0.25, 0.3) is 0 Å². The molecule has 1 fully saturated rings. The van der Waals surface area contributed by atoms with Gasteiger partial charge in [0.25, 0.3) is 0 Å². The molecule has 4 nitrogen and oxygen atoms in total. The number of nitrogens with zero attached hydrogens (tertiary/aromatic N) is 3.